The first-order valence-corrected chi connectivity index (χ1v) is 10.7. The highest BCUT2D eigenvalue weighted by Crippen LogP contribution is 2.34. The third-order valence-corrected chi connectivity index (χ3v) is 6.09. The summed E-state index contributed by atoms with van der Waals surface area (Å²) >= 11 is 0. The molecule has 2 aliphatic rings. The number of likely N-dealkylation sites (tertiary alicyclic amines) is 1. The molecule has 2 saturated heterocycles. The molecule has 0 unspecified atom stereocenters. The van der Waals surface area contributed by atoms with Crippen LogP contribution in [0.1, 0.15) is 38.0 Å². The smallest absolute Gasteiger partial charge is 0.363 e. The van der Waals surface area contributed by atoms with E-state index in [0.717, 1.165) is 19.6 Å². The van der Waals surface area contributed by atoms with E-state index in [1.165, 1.54) is 0 Å². The molecule has 33 heavy (non-hydrogen) atoms. The predicted molar refractivity (Wildman–Crippen MR) is 110 cm³/mol. The lowest BCUT2D eigenvalue weighted by Crippen LogP contribution is -2.48. The van der Waals surface area contributed by atoms with Crippen molar-refractivity contribution >= 4 is 0 Å². The summed E-state index contributed by atoms with van der Waals surface area (Å²) in [7, 11) is 1.56. The summed E-state index contributed by atoms with van der Waals surface area (Å²) in [5.74, 6) is 1.52. The fourth-order valence-electron chi connectivity index (χ4n) is 4.10. The van der Waals surface area contributed by atoms with E-state index < -0.39 is 47.2 Å². The molecule has 9 nitrogen and oxygen atoms in total. The Morgan fingerprint density at radius 2 is 2.03 bits per heavy atom. The van der Waals surface area contributed by atoms with Gasteiger partial charge >= 0.3 is 11.9 Å². The van der Waals surface area contributed by atoms with Crippen molar-refractivity contribution in [2.24, 2.45) is 0 Å². The third kappa shape index (κ3) is 5.85. The highest BCUT2D eigenvalue weighted by Gasteiger charge is 2.42. The highest BCUT2D eigenvalue weighted by atomic mass is 19.4. The van der Waals surface area contributed by atoms with Crippen LogP contribution in [0.3, 0.4) is 0 Å². The minimum Gasteiger partial charge on any atom is -0.363 e. The van der Waals surface area contributed by atoms with Crippen LogP contribution in [0.2, 0.25) is 0 Å². The SMILES string of the molecule is C#CCO[C@H]1C[C@H](n2cc(C(F)(F)F)c(=O)[nH]c2=O)O[C@@H]1COC1(OC)CCN(CC)CC1. The van der Waals surface area contributed by atoms with Gasteiger partial charge in [-0.2, -0.15) is 13.2 Å². The Morgan fingerprint density at radius 3 is 2.61 bits per heavy atom. The van der Waals surface area contributed by atoms with E-state index in [4.69, 9.17) is 25.4 Å². The van der Waals surface area contributed by atoms with E-state index in [2.05, 4.69) is 17.7 Å². The molecule has 0 amide bonds. The molecule has 1 aromatic heterocycles. The van der Waals surface area contributed by atoms with E-state index in [-0.39, 0.29) is 19.6 Å². The van der Waals surface area contributed by atoms with Crippen molar-refractivity contribution in [2.75, 3.05) is 40.0 Å². The molecule has 0 saturated carbocycles. The largest absolute Gasteiger partial charge is 0.423 e. The van der Waals surface area contributed by atoms with Gasteiger partial charge in [-0.15, -0.1) is 6.42 Å². The molecule has 1 N–H and O–H groups in total. The van der Waals surface area contributed by atoms with Gasteiger partial charge in [-0.25, -0.2) is 4.79 Å². The molecule has 184 valence electrons. The van der Waals surface area contributed by atoms with Crippen LogP contribution in [0, 0.1) is 12.3 Å². The first-order chi connectivity index (χ1) is 15.6. The first-order valence-electron chi connectivity index (χ1n) is 10.7. The summed E-state index contributed by atoms with van der Waals surface area (Å²) in [6.45, 7) is 4.56. The second-order valence-electron chi connectivity index (χ2n) is 7.99. The van der Waals surface area contributed by atoms with Crippen molar-refractivity contribution in [1.82, 2.24) is 14.5 Å². The maximum atomic E-state index is 13.2. The summed E-state index contributed by atoms with van der Waals surface area (Å²) in [6, 6.07) is 0. The van der Waals surface area contributed by atoms with Gasteiger partial charge in [0.2, 0.25) is 0 Å². The fraction of sp³-hybridized carbons (Fsp3) is 0.714. The Labute approximate surface area is 188 Å². The Kier molecular flexibility index (Phi) is 8.02. The second kappa shape index (κ2) is 10.4. The lowest BCUT2D eigenvalue weighted by atomic mass is 10.0. The van der Waals surface area contributed by atoms with E-state index in [0.29, 0.717) is 23.6 Å². The number of nitrogens with one attached hydrogen (secondary N) is 1. The van der Waals surface area contributed by atoms with Gasteiger partial charge in [-0.1, -0.05) is 12.8 Å². The van der Waals surface area contributed by atoms with Crippen molar-refractivity contribution in [3.63, 3.8) is 0 Å². The lowest BCUT2D eigenvalue weighted by Gasteiger charge is -2.40. The van der Waals surface area contributed by atoms with Crippen LogP contribution in [-0.4, -0.2) is 72.4 Å². The van der Waals surface area contributed by atoms with Crippen molar-refractivity contribution in [3.8, 4) is 12.3 Å². The Balaban J connectivity index is 1.77. The van der Waals surface area contributed by atoms with Gasteiger partial charge in [0.25, 0.3) is 5.56 Å². The molecule has 12 heteroatoms. The van der Waals surface area contributed by atoms with E-state index >= 15 is 0 Å². The zero-order valence-electron chi connectivity index (χ0n) is 18.5. The molecule has 0 radical (unpaired) electrons. The fourth-order valence-corrected chi connectivity index (χ4v) is 4.10. The predicted octanol–water partition coefficient (Wildman–Crippen LogP) is 1.34. The number of aromatic amines is 1. The van der Waals surface area contributed by atoms with E-state index in [9.17, 15) is 22.8 Å². The number of rotatable bonds is 8. The van der Waals surface area contributed by atoms with E-state index in [1.54, 1.807) is 12.1 Å². The number of aromatic nitrogens is 2. The van der Waals surface area contributed by atoms with Crippen LogP contribution in [0.4, 0.5) is 13.2 Å². The van der Waals surface area contributed by atoms with Crippen LogP contribution in [0.25, 0.3) is 0 Å². The minimum absolute atomic E-state index is 0.0237. The van der Waals surface area contributed by atoms with Gasteiger partial charge in [-0.05, 0) is 6.54 Å². The average molecular weight is 475 g/mol. The highest BCUT2D eigenvalue weighted by molar-refractivity contribution is 5.09. The van der Waals surface area contributed by atoms with Gasteiger partial charge in [0.15, 0.2) is 5.79 Å². The summed E-state index contributed by atoms with van der Waals surface area (Å²) < 4.78 is 63.4. The van der Waals surface area contributed by atoms with Crippen LogP contribution >= 0.6 is 0 Å². The zero-order valence-corrected chi connectivity index (χ0v) is 18.5. The number of alkyl halides is 3. The number of hydrogen-bond acceptors (Lipinski definition) is 7. The van der Waals surface area contributed by atoms with Gasteiger partial charge < -0.3 is 23.8 Å². The maximum Gasteiger partial charge on any atom is 0.423 e. The molecule has 0 aromatic carbocycles. The molecular weight excluding hydrogens is 447 g/mol. The molecule has 0 bridgehead atoms. The number of piperidine rings is 1. The molecule has 0 spiro atoms. The summed E-state index contributed by atoms with van der Waals surface area (Å²) in [6.07, 6.45) is -0.329. The number of hydrogen-bond donors (Lipinski definition) is 1. The summed E-state index contributed by atoms with van der Waals surface area (Å²) in [5, 5.41) is 0. The van der Waals surface area contributed by atoms with Crippen molar-refractivity contribution in [2.45, 2.75) is 56.6 Å². The number of ether oxygens (including phenoxy) is 4. The van der Waals surface area contributed by atoms with Gasteiger partial charge in [0.1, 0.15) is 24.5 Å². The van der Waals surface area contributed by atoms with Gasteiger partial charge in [-0.3, -0.25) is 14.3 Å². The second-order valence-corrected chi connectivity index (χ2v) is 7.99. The van der Waals surface area contributed by atoms with Gasteiger partial charge in [0, 0.05) is 45.7 Å². The molecule has 3 heterocycles. The van der Waals surface area contributed by atoms with Crippen molar-refractivity contribution in [1.29, 1.82) is 0 Å². The van der Waals surface area contributed by atoms with Gasteiger partial charge in [0.05, 0.1) is 12.7 Å². The Morgan fingerprint density at radius 1 is 1.33 bits per heavy atom. The number of terminal acetylenes is 1. The molecule has 3 rings (SSSR count). The first kappa shape index (κ1) is 25.5. The summed E-state index contributed by atoms with van der Waals surface area (Å²) in [5.41, 5.74) is -4.02. The monoisotopic (exact) mass is 475 g/mol. The van der Waals surface area contributed by atoms with Crippen molar-refractivity contribution in [3.05, 3.63) is 32.6 Å². The zero-order chi connectivity index (χ0) is 24.2. The normalized spacial score (nSPS) is 25.8. The number of nitrogens with zero attached hydrogens (tertiary/aromatic N) is 2. The van der Waals surface area contributed by atoms with Crippen LogP contribution in [-0.2, 0) is 25.1 Å². The standard InChI is InChI=1S/C21H28F3N3O6/c1-4-10-31-15-11-17(27-12-14(21(22,23)24)18(28)25-19(27)29)33-16(15)13-32-20(30-3)6-8-26(5-2)9-7-20/h1,12,15-17H,5-11,13H2,2-3H3,(H,25,28,29)/t15-,16+,17+/m0/s1. The Hall–Kier alpha value is -2.17. The molecule has 2 aliphatic heterocycles. The number of halogens is 3. The number of H-pyrrole nitrogens is 1. The number of methoxy groups -OCH3 is 1. The molecule has 0 aliphatic carbocycles. The topological polar surface area (TPSA) is 95.0 Å². The quantitative estimate of drug-likeness (QED) is 0.448. The van der Waals surface area contributed by atoms with Crippen LogP contribution in [0.15, 0.2) is 15.8 Å². The average Bonchev–Trinajstić information content (AvgIpc) is 3.18. The Bertz CT molecular complexity index is 962. The van der Waals surface area contributed by atoms with Crippen LogP contribution < -0.4 is 11.2 Å². The summed E-state index contributed by atoms with van der Waals surface area (Å²) in [4.78, 5) is 27.8. The molecule has 2 fully saturated rings. The third-order valence-electron chi connectivity index (χ3n) is 6.09. The minimum atomic E-state index is -4.93. The lowest BCUT2D eigenvalue weighted by molar-refractivity contribution is -0.258. The molecular formula is C21H28F3N3O6. The van der Waals surface area contributed by atoms with Crippen molar-refractivity contribution < 1.29 is 32.1 Å². The molecule has 1 aromatic rings. The van der Waals surface area contributed by atoms with E-state index in [1.807, 2.05) is 0 Å². The molecule has 3 atom stereocenters. The van der Waals surface area contributed by atoms with Crippen LogP contribution in [0.5, 0.6) is 0 Å². The maximum absolute atomic E-state index is 13.2.